The third-order valence-corrected chi connectivity index (χ3v) is 2.21. The van der Waals surface area contributed by atoms with Gasteiger partial charge in [-0.2, -0.15) is 4.98 Å². The van der Waals surface area contributed by atoms with E-state index >= 15 is 0 Å². The maximum atomic E-state index is 5.64. The Morgan fingerprint density at radius 2 is 2.00 bits per heavy atom. The standard InChI is InChI=1S/C12H13N3O/c1-8-3-4-9(2)10(7-8)16-11-5-6-14-12(13)15-11/h3-7H,1-2H3,(H2,13,14,15). The largest absolute Gasteiger partial charge is 0.439 e. The number of ether oxygens (including phenoxy) is 1. The topological polar surface area (TPSA) is 61.0 Å². The second-order valence-corrected chi connectivity index (χ2v) is 3.62. The van der Waals surface area contributed by atoms with E-state index in [4.69, 9.17) is 10.5 Å². The number of hydrogen-bond acceptors (Lipinski definition) is 4. The summed E-state index contributed by atoms with van der Waals surface area (Å²) in [6.45, 7) is 4.00. The van der Waals surface area contributed by atoms with Crippen molar-refractivity contribution in [2.75, 3.05) is 5.73 Å². The van der Waals surface area contributed by atoms with Crippen LogP contribution < -0.4 is 10.5 Å². The highest BCUT2D eigenvalue weighted by molar-refractivity contribution is 5.38. The third kappa shape index (κ3) is 2.28. The lowest BCUT2D eigenvalue weighted by Crippen LogP contribution is -1.96. The van der Waals surface area contributed by atoms with Gasteiger partial charge in [0.15, 0.2) is 0 Å². The Morgan fingerprint density at radius 3 is 2.75 bits per heavy atom. The van der Waals surface area contributed by atoms with Crippen LogP contribution >= 0.6 is 0 Å². The molecule has 0 amide bonds. The van der Waals surface area contributed by atoms with E-state index in [-0.39, 0.29) is 5.95 Å². The highest BCUT2D eigenvalue weighted by Crippen LogP contribution is 2.24. The highest BCUT2D eigenvalue weighted by atomic mass is 16.5. The summed E-state index contributed by atoms with van der Waals surface area (Å²) in [6, 6.07) is 7.69. The van der Waals surface area contributed by atoms with Gasteiger partial charge in [-0.25, -0.2) is 4.98 Å². The maximum absolute atomic E-state index is 5.64. The molecule has 0 spiro atoms. The SMILES string of the molecule is Cc1ccc(C)c(Oc2ccnc(N)n2)c1. The van der Waals surface area contributed by atoms with Crippen LogP contribution in [0, 0.1) is 13.8 Å². The first-order valence-electron chi connectivity index (χ1n) is 4.99. The zero-order valence-corrected chi connectivity index (χ0v) is 9.27. The summed E-state index contributed by atoms with van der Waals surface area (Å²) in [5, 5.41) is 0. The molecule has 0 radical (unpaired) electrons. The second-order valence-electron chi connectivity index (χ2n) is 3.62. The molecule has 1 aromatic heterocycles. The van der Waals surface area contributed by atoms with E-state index in [1.165, 1.54) is 0 Å². The fraction of sp³-hybridized carbons (Fsp3) is 0.167. The summed E-state index contributed by atoms with van der Waals surface area (Å²) in [4.78, 5) is 7.79. The Hall–Kier alpha value is -2.10. The van der Waals surface area contributed by atoms with Crippen molar-refractivity contribution in [3.05, 3.63) is 41.6 Å². The van der Waals surface area contributed by atoms with Crippen molar-refractivity contribution in [3.63, 3.8) is 0 Å². The van der Waals surface area contributed by atoms with Crippen molar-refractivity contribution < 1.29 is 4.74 Å². The number of aromatic nitrogens is 2. The molecule has 1 heterocycles. The smallest absolute Gasteiger partial charge is 0.224 e. The van der Waals surface area contributed by atoms with Gasteiger partial charge in [-0.1, -0.05) is 12.1 Å². The molecule has 0 aliphatic carbocycles. The highest BCUT2D eigenvalue weighted by Gasteiger charge is 2.03. The van der Waals surface area contributed by atoms with Gasteiger partial charge in [0.25, 0.3) is 0 Å². The molecule has 16 heavy (non-hydrogen) atoms. The van der Waals surface area contributed by atoms with Crippen molar-refractivity contribution in [1.82, 2.24) is 9.97 Å². The first-order valence-corrected chi connectivity index (χ1v) is 4.99. The molecular formula is C12H13N3O. The van der Waals surface area contributed by atoms with Crippen LogP contribution in [0.15, 0.2) is 30.5 Å². The van der Waals surface area contributed by atoms with E-state index in [1.54, 1.807) is 12.3 Å². The first-order chi connectivity index (χ1) is 7.65. The minimum atomic E-state index is 0.211. The molecule has 0 bridgehead atoms. The fourth-order valence-electron chi connectivity index (χ4n) is 1.34. The molecule has 1 aromatic carbocycles. The zero-order chi connectivity index (χ0) is 11.5. The lowest BCUT2D eigenvalue weighted by atomic mass is 10.1. The summed E-state index contributed by atoms with van der Waals surface area (Å²) >= 11 is 0. The summed E-state index contributed by atoms with van der Waals surface area (Å²) in [7, 11) is 0. The van der Waals surface area contributed by atoms with Gasteiger partial charge in [-0.3, -0.25) is 0 Å². The van der Waals surface area contributed by atoms with Crippen molar-refractivity contribution in [1.29, 1.82) is 0 Å². The molecule has 2 rings (SSSR count). The summed E-state index contributed by atoms with van der Waals surface area (Å²) < 4.78 is 5.64. The minimum absolute atomic E-state index is 0.211. The molecule has 2 aromatic rings. The number of nitrogens with zero attached hydrogens (tertiary/aromatic N) is 2. The molecule has 0 fully saturated rings. The lowest BCUT2D eigenvalue weighted by molar-refractivity contribution is 0.459. The van der Waals surface area contributed by atoms with Crippen molar-refractivity contribution in [3.8, 4) is 11.6 Å². The molecule has 0 atom stereocenters. The number of anilines is 1. The van der Waals surface area contributed by atoms with Gasteiger partial charge in [0.2, 0.25) is 11.8 Å². The Labute approximate surface area is 94.1 Å². The molecule has 0 saturated heterocycles. The average molecular weight is 215 g/mol. The molecule has 0 saturated carbocycles. The second kappa shape index (κ2) is 4.18. The number of nitrogen functional groups attached to an aromatic ring is 1. The molecule has 2 N–H and O–H groups in total. The van der Waals surface area contributed by atoms with Crippen LogP contribution in [-0.2, 0) is 0 Å². The average Bonchev–Trinajstić information content (AvgIpc) is 2.24. The zero-order valence-electron chi connectivity index (χ0n) is 9.27. The predicted octanol–water partition coefficient (Wildman–Crippen LogP) is 2.47. The van der Waals surface area contributed by atoms with Gasteiger partial charge >= 0.3 is 0 Å². The third-order valence-electron chi connectivity index (χ3n) is 2.21. The molecule has 0 unspecified atom stereocenters. The van der Waals surface area contributed by atoms with Crippen LogP contribution in [-0.4, -0.2) is 9.97 Å². The Bertz CT molecular complexity index is 511. The predicted molar refractivity (Wildman–Crippen MR) is 62.4 cm³/mol. The summed E-state index contributed by atoms with van der Waals surface area (Å²) in [5.41, 5.74) is 7.68. The van der Waals surface area contributed by atoms with E-state index in [9.17, 15) is 0 Å². The fourth-order valence-corrected chi connectivity index (χ4v) is 1.34. The summed E-state index contributed by atoms with van der Waals surface area (Å²) in [6.07, 6.45) is 1.57. The van der Waals surface area contributed by atoms with Crippen LogP contribution in [0.1, 0.15) is 11.1 Å². The van der Waals surface area contributed by atoms with Crippen LogP contribution in [0.2, 0.25) is 0 Å². The lowest BCUT2D eigenvalue weighted by Gasteiger charge is -2.08. The molecule has 0 aliphatic rings. The van der Waals surface area contributed by atoms with Crippen molar-refractivity contribution in [2.45, 2.75) is 13.8 Å². The normalized spacial score (nSPS) is 10.1. The Morgan fingerprint density at radius 1 is 1.19 bits per heavy atom. The first kappa shape index (κ1) is 10.4. The van der Waals surface area contributed by atoms with E-state index in [0.717, 1.165) is 16.9 Å². The van der Waals surface area contributed by atoms with E-state index < -0.39 is 0 Å². The quantitative estimate of drug-likeness (QED) is 0.835. The molecule has 0 aliphatic heterocycles. The number of rotatable bonds is 2. The van der Waals surface area contributed by atoms with Gasteiger partial charge in [0.1, 0.15) is 5.75 Å². The van der Waals surface area contributed by atoms with Crippen LogP contribution in [0.5, 0.6) is 11.6 Å². The Kier molecular flexibility index (Phi) is 2.72. The van der Waals surface area contributed by atoms with Gasteiger partial charge in [-0.05, 0) is 31.0 Å². The number of hydrogen-bond donors (Lipinski definition) is 1. The maximum Gasteiger partial charge on any atom is 0.224 e. The molecular weight excluding hydrogens is 202 g/mol. The van der Waals surface area contributed by atoms with Crippen molar-refractivity contribution in [2.24, 2.45) is 0 Å². The van der Waals surface area contributed by atoms with E-state index in [0.29, 0.717) is 5.88 Å². The van der Waals surface area contributed by atoms with Gasteiger partial charge in [0.05, 0.1) is 0 Å². The monoisotopic (exact) mass is 215 g/mol. The molecule has 4 nitrogen and oxygen atoms in total. The molecule has 4 heteroatoms. The van der Waals surface area contributed by atoms with Gasteiger partial charge < -0.3 is 10.5 Å². The molecule has 82 valence electrons. The van der Waals surface area contributed by atoms with Gasteiger partial charge in [0, 0.05) is 12.3 Å². The van der Waals surface area contributed by atoms with Crippen LogP contribution in [0.4, 0.5) is 5.95 Å². The number of nitrogens with two attached hydrogens (primary N) is 1. The van der Waals surface area contributed by atoms with E-state index in [1.807, 2.05) is 32.0 Å². The minimum Gasteiger partial charge on any atom is -0.439 e. The van der Waals surface area contributed by atoms with Gasteiger partial charge in [-0.15, -0.1) is 0 Å². The van der Waals surface area contributed by atoms with Crippen molar-refractivity contribution >= 4 is 5.95 Å². The number of benzene rings is 1. The van der Waals surface area contributed by atoms with Crippen LogP contribution in [0.3, 0.4) is 0 Å². The Balaban J connectivity index is 2.30. The summed E-state index contributed by atoms with van der Waals surface area (Å²) in [5.74, 6) is 1.46. The van der Waals surface area contributed by atoms with E-state index in [2.05, 4.69) is 9.97 Å². The number of aryl methyl sites for hydroxylation is 2. The van der Waals surface area contributed by atoms with Crippen LogP contribution in [0.25, 0.3) is 0 Å².